The maximum absolute atomic E-state index is 5.91. The van der Waals surface area contributed by atoms with Crippen molar-refractivity contribution < 1.29 is 4.74 Å². The van der Waals surface area contributed by atoms with Gasteiger partial charge in [0.15, 0.2) is 0 Å². The molecule has 0 aliphatic carbocycles. The highest BCUT2D eigenvalue weighted by Gasteiger charge is 2.06. The Morgan fingerprint density at radius 3 is 2.79 bits per heavy atom. The molecular formula is C15H21N3O. The first kappa shape index (κ1) is 13.6. The lowest BCUT2D eigenvalue weighted by atomic mass is 10.2. The number of rotatable bonds is 6. The van der Waals surface area contributed by atoms with Crippen molar-refractivity contribution in [1.29, 1.82) is 0 Å². The molecule has 19 heavy (non-hydrogen) atoms. The minimum absolute atomic E-state index is 0.542. The van der Waals surface area contributed by atoms with Crippen LogP contribution in [0.15, 0.2) is 30.3 Å². The molecule has 2 aromatic rings. The van der Waals surface area contributed by atoms with Crippen LogP contribution in [-0.2, 0) is 20.2 Å². The van der Waals surface area contributed by atoms with E-state index in [1.54, 1.807) is 0 Å². The summed E-state index contributed by atoms with van der Waals surface area (Å²) >= 11 is 0. The summed E-state index contributed by atoms with van der Waals surface area (Å²) in [6, 6.07) is 10.2. The van der Waals surface area contributed by atoms with Crippen molar-refractivity contribution in [3.8, 4) is 5.75 Å². The Hall–Kier alpha value is -1.81. The average Bonchev–Trinajstić information content (AvgIpc) is 2.73. The first-order valence-corrected chi connectivity index (χ1v) is 6.61. The third-order valence-corrected chi connectivity index (χ3v) is 3.01. The van der Waals surface area contributed by atoms with Crippen molar-refractivity contribution in [3.05, 3.63) is 47.3 Å². The lowest BCUT2D eigenvalue weighted by molar-refractivity contribution is 0.291. The maximum Gasteiger partial charge on any atom is 0.130 e. The molecule has 1 heterocycles. The molecule has 0 saturated heterocycles. The molecule has 0 atom stereocenters. The van der Waals surface area contributed by atoms with Crippen molar-refractivity contribution in [1.82, 2.24) is 15.1 Å². The van der Waals surface area contributed by atoms with Crippen LogP contribution >= 0.6 is 0 Å². The van der Waals surface area contributed by atoms with Crippen molar-refractivity contribution in [2.75, 3.05) is 6.54 Å². The van der Waals surface area contributed by atoms with Gasteiger partial charge in [0.1, 0.15) is 12.4 Å². The van der Waals surface area contributed by atoms with Gasteiger partial charge in [0.05, 0.1) is 11.4 Å². The van der Waals surface area contributed by atoms with Crippen LogP contribution in [0.2, 0.25) is 0 Å². The van der Waals surface area contributed by atoms with Gasteiger partial charge >= 0.3 is 0 Å². The topological polar surface area (TPSA) is 39.1 Å². The summed E-state index contributed by atoms with van der Waals surface area (Å²) in [7, 11) is 1.94. The highest BCUT2D eigenvalue weighted by Crippen LogP contribution is 2.19. The lowest BCUT2D eigenvalue weighted by Crippen LogP contribution is -2.13. The number of ether oxygens (including phenoxy) is 1. The number of hydrogen-bond acceptors (Lipinski definition) is 3. The lowest BCUT2D eigenvalue weighted by Gasteiger charge is -2.11. The smallest absolute Gasteiger partial charge is 0.130 e. The maximum atomic E-state index is 5.91. The van der Waals surface area contributed by atoms with Gasteiger partial charge in [-0.05, 0) is 25.6 Å². The van der Waals surface area contributed by atoms with Gasteiger partial charge in [-0.2, -0.15) is 5.10 Å². The summed E-state index contributed by atoms with van der Waals surface area (Å²) < 4.78 is 7.78. The molecule has 0 spiro atoms. The molecule has 0 fully saturated rings. The van der Waals surface area contributed by atoms with E-state index in [0.29, 0.717) is 6.61 Å². The van der Waals surface area contributed by atoms with Gasteiger partial charge in [-0.1, -0.05) is 25.1 Å². The summed E-state index contributed by atoms with van der Waals surface area (Å²) in [5.41, 5.74) is 3.28. The SMILES string of the molecule is CCNCc1ccccc1OCc1cc(C)nn1C. The van der Waals surface area contributed by atoms with E-state index in [2.05, 4.69) is 23.4 Å². The standard InChI is InChI=1S/C15H21N3O/c1-4-16-10-13-7-5-6-8-15(13)19-11-14-9-12(2)17-18(14)3/h5-9,16H,4,10-11H2,1-3H3. The number of aromatic nitrogens is 2. The summed E-state index contributed by atoms with van der Waals surface area (Å²) in [5.74, 6) is 0.933. The number of para-hydroxylation sites is 1. The summed E-state index contributed by atoms with van der Waals surface area (Å²) in [5, 5.41) is 7.64. The third-order valence-electron chi connectivity index (χ3n) is 3.01. The fraction of sp³-hybridized carbons (Fsp3) is 0.400. The molecular weight excluding hydrogens is 238 g/mol. The quantitative estimate of drug-likeness (QED) is 0.866. The first-order valence-electron chi connectivity index (χ1n) is 6.61. The minimum Gasteiger partial charge on any atom is -0.487 e. The van der Waals surface area contributed by atoms with E-state index in [4.69, 9.17) is 4.74 Å². The van der Waals surface area contributed by atoms with E-state index in [0.717, 1.165) is 30.2 Å². The number of hydrogen-bond donors (Lipinski definition) is 1. The number of nitrogens with zero attached hydrogens (tertiary/aromatic N) is 2. The first-order chi connectivity index (χ1) is 9.20. The fourth-order valence-corrected chi connectivity index (χ4v) is 2.00. The monoisotopic (exact) mass is 259 g/mol. The van der Waals surface area contributed by atoms with Gasteiger partial charge in [-0.3, -0.25) is 4.68 Å². The predicted molar refractivity (Wildman–Crippen MR) is 76.1 cm³/mol. The summed E-state index contributed by atoms with van der Waals surface area (Å²) in [6.07, 6.45) is 0. The molecule has 0 aliphatic heterocycles. The molecule has 0 saturated carbocycles. The van der Waals surface area contributed by atoms with Crippen LogP contribution in [0, 0.1) is 6.92 Å². The van der Waals surface area contributed by atoms with Crippen molar-refractivity contribution in [2.45, 2.75) is 27.0 Å². The summed E-state index contributed by atoms with van der Waals surface area (Å²) in [6.45, 7) is 6.41. The van der Waals surface area contributed by atoms with Gasteiger partial charge in [0, 0.05) is 19.2 Å². The molecule has 0 radical (unpaired) electrons. The third kappa shape index (κ3) is 3.58. The number of aryl methyl sites for hydroxylation is 2. The second-order valence-corrected chi connectivity index (χ2v) is 4.58. The molecule has 1 aromatic heterocycles. The van der Waals surface area contributed by atoms with Crippen LogP contribution in [0.3, 0.4) is 0 Å². The molecule has 2 rings (SSSR count). The molecule has 1 N–H and O–H groups in total. The molecule has 0 bridgehead atoms. The predicted octanol–water partition coefficient (Wildman–Crippen LogP) is 2.42. The van der Waals surface area contributed by atoms with E-state index in [1.165, 1.54) is 5.56 Å². The zero-order valence-electron chi connectivity index (χ0n) is 11.8. The number of nitrogens with one attached hydrogen (secondary N) is 1. The largest absolute Gasteiger partial charge is 0.487 e. The van der Waals surface area contributed by atoms with Crippen LogP contribution in [0.5, 0.6) is 5.75 Å². The minimum atomic E-state index is 0.542. The highest BCUT2D eigenvalue weighted by atomic mass is 16.5. The molecule has 4 nitrogen and oxygen atoms in total. The van der Waals surface area contributed by atoms with E-state index in [-0.39, 0.29) is 0 Å². The highest BCUT2D eigenvalue weighted by molar-refractivity contribution is 5.33. The van der Waals surface area contributed by atoms with Gasteiger partial charge in [-0.15, -0.1) is 0 Å². The Balaban J connectivity index is 2.04. The second-order valence-electron chi connectivity index (χ2n) is 4.58. The van der Waals surface area contributed by atoms with Gasteiger partial charge < -0.3 is 10.1 Å². The van der Waals surface area contributed by atoms with E-state index in [9.17, 15) is 0 Å². The zero-order valence-corrected chi connectivity index (χ0v) is 11.8. The Bertz CT molecular complexity index is 534. The van der Waals surface area contributed by atoms with Crippen molar-refractivity contribution in [2.24, 2.45) is 7.05 Å². The van der Waals surface area contributed by atoms with Crippen LogP contribution in [-0.4, -0.2) is 16.3 Å². The van der Waals surface area contributed by atoms with Crippen LogP contribution in [0.4, 0.5) is 0 Å². The molecule has 0 amide bonds. The van der Waals surface area contributed by atoms with E-state index in [1.807, 2.05) is 42.9 Å². The van der Waals surface area contributed by atoms with E-state index < -0.39 is 0 Å². The van der Waals surface area contributed by atoms with Crippen LogP contribution < -0.4 is 10.1 Å². The average molecular weight is 259 g/mol. The fourth-order valence-electron chi connectivity index (χ4n) is 2.00. The Morgan fingerprint density at radius 2 is 2.11 bits per heavy atom. The van der Waals surface area contributed by atoms with Crippen molar-refractivity contribution >= 4 is 0 Å². The van der Waals surface area contributed by atoms with Gasteiger partial charge in [0.2, 0.25) is 0 Å². The Labute approximate surface area is 114 Å². The normalized spacial score (nSPS) is 10.7. The van der Waals surface area contributed by atoms with Crippen molar-refractivity contribution in [3.63, 3.8) is 0 Å². The molecule has 1 aromatic carbocycles. The van der Waals surface area contributed by atoms with E-state index >= 15 is 0 Å². The van der Waals surface area contributed by atoms with Crippen LogP contribution in [0.25, 0.3) is 0 Å². The second kappa shape index (κ2) is 6.38. The van der Waals surface area contributed by atoms with Gasteiger partial charge in [0.25, 0.3) is 0 Å². The van der Waals surface area contributed by atoms with Gasteiger partial charge in [-0.25, -0.2) is 0 Å². The Kier molecular flexibility index (Phi) is 4.58. The number of benzene rings is 1. The molecule has 0 aliphatic rings. The zero-order chi connectivity index (χ0) is 13.7. The Morgan fingerprint density at radius 1 is 1.32 bits per heavy atom. The summed E-state index contributed by atoms with van der Waals surface area (Å²) in [4.78, 5) is 0. The molecule has 0 unspecified atom stereocenters. The van der Waals surface area contributed by atoms with Crippen LogP contribution in [0.1, 0.15) is 23.9 Å². The molecule has 4 heteroatoms. The molecule has 102 valence electrons.